The van der Waals surface area contributed by atoms with E-state index in [2.05, 4.69) is 15.5 Å². The fourth-order valence-electron chi connectivity index (χ4n) is 8.18. The molecule has 6 rings (SSSR count). The number of fused-ring (bicyclic) bond motifs is 1. The number of likely N-dealkylation sites (N-methyl/N-ethyl adjacent to an activating group) is 1. The number of benzene rings is 2. The smallest absolute Gasteiger partial charge is 0.408 e. The normalized spacial score (nSPS) is 17.7. The number of rotatable bonds is 12. The lowest BCUT2D eigenvalue weighted by Gasteiger charge is -2.37. The van der Waals surface area contributed by atoms with Crippen LogP contribution in [0.1, 0.15) is 87.3 Å². The number of carbonyl (C=O) groups is 4. The molecule has 4 amide bonds. The van der Waals surface area contributed by atoms with E-state index in [9.17, 15) is 28.4 Å². The molecule has 1 saturated carbocycles. The fraction of sp³-hybridized carbons (Fsp3) is 0.581. The quantitative estimate of drug-likeness (QED) is 0.272. The zero-order chi connectivity index (χ0) is 41.4. The standard InChI is InChI=1S/C43H58FN7O7/c1-43(2,3)58-42(56)45-38(30-10-6-5-7-11-30)41(55)50-18-16-31(17-19-50)57-25-24-48(4)28-37(52)49-20-22-51(23-21-49)40(54)34-26-29(14-15-35(34)44)27-36-32-12-8-9-13-33(32)39(53)47-46-36/h8-9,12-15,26,30-31,38H,5-7,10-11,16-25,27-28H2,1-4H3,(H,45,56)(H,47,53)/t38-/m1/s1. The number of nitrogens with zero attached hydrogens (tertiary/aromatic N) is 5. The number of alkyl carbamates (subject to hydrolysis) is 1. The molecule has 314 valence electrons. The molecular formula is C43H58FN7O7. The van der Waals surface area contributed by atoms with Crippen LogP contribution < -0.4 is 10.9 Å². The van der Waals surface area contributed by atoms with Crippen LogP contribution in [-0.4, -0.2) is 137 Å². The number of piperidine rings is 1. The van der Waals surface area contributed by atoms with Gasteiger partial charge in [-0.25, -0.2) is 14.3 Å². The maximum Gasteiger partial charge on any atom is 0.408 e. The Morgan fingerprint density at radius 3 is 2.28 bits per heavy atom. The van der Waals surface area contributed by atoms with Gasteiger partial charge in [0.05, 0.1) is 35.9 Å². The second-order valence-electron chi connectivity index (χ2n) is 16.9. The molecule has 0 radical (unpaired) electrons. The van der Waals surface area contributed by atoms with Crippen molar-refractivity contribution < 1.29 is 33.0 Å². The number of likely N-dealkylation sites (tertiary alicyclic amines) is 1. The van der Waals surface area contributed by atoms with Gasteiger partial charge in [-0.1, -0.05) is 43.5 Å². The lowest BCUT2D eigenvalue weighted by molar-refractivity contribution is -0.138. The van der Waals surface area contributed by atoms with E-state index in [1.807, 2.05) is 49.8 Å². The highest BCUT2D eigenvalue weighted by atomic mass is 19.1. The Morgan fingerprint density at radius 2 is 1.59 bits per heavy atom. The molecule has 3 fully saturated rings. The number of piperazine rings is 1. The minimum atomic E-state index is -0.651. The molecule has 1 aromatic heterocycles. The van der Waals surface area contributed by atoms with E-state index < -0.39 is 29.5 Å². The molecule has 15 heteroatoms. The first-order valence-corrected chi connectivity index (χ1v) is 20.7. The number of aromatic amines is 1. The summed E-state index contributed by atoms with van der Waals surface area (Å²) >= 11 is 0. The summed E-state index contributed by atoms with van der Waals surface area (Å²) in [4.78, 5) is 72.3. The SMILES string of the molecule is CN(CCOC1CCN(C(=O)[C@H](NC(=O)OC(C)(C)C)C2CCCCC2)CC1)CC(=O)N1CCN(C(=O)c2cc(Cc3n[nH]c(=O)c4ccccc34)ccc2F)CC1. The van der Waals surface area contributed by atoms with Crippen molar-refractivity contribution in [2.75, 3.05) is 66.0 Å². The Bertz CT molecular complexity index is 1980. The first kappa shape index (κ1) is 42.7. The van der Waals surface area contributed by atoms with E-state index in [1.54, 1.807) is 28.0 Å². The van der Waals surface area contributed by atoms with E-state index in [1.165, 1.54) is 12.1 Å². The lowest BCUT2D eigenvalue weighted by Crippen LogP contribution is -2.55. The highest BCUT2D eigenvalue weighted by Crippen LogP contribution is 2.29. The third-order valence-electron chi connectivity index (χ3n) is 11.4. The highest BCUT2D eigenvalue weighted by Gasteiger charge is 2.36. The molecule has 58 heavy (non-hydrogen) atoms. The van der Waals surface area contributed by atoms with Crippen LogP contribution >= 0.6 is 0 Å². The van der Waals surface area contributed by atoms with E-state index in [0.717, 1.165) is 32.1 Å². The number of hydrogen-bond donors (Lipinski definition) is 2. The molecule has 0 unspecified atom stereocenters. The van der Waals surface area contributed by atoms with Crippen LogP contribution in [0.5, 0.6) is 0 Å². The second kappa shape index (κ2) is 19.2. The van der Waals surface area contributed by atoms with Gasteiger partial charge in [0.15, 0.2) is 0 Å². The van der Waals surface area contributed by atoms with Crippen LogP contribution in [0.4, 0.5) is 9.18 Å². The summed E-state index contributed by atoms with van der Waals surface area (Å²) in [5.74, 6) is -1.06. The summed E-state index contributed by atoms with van der Waals surface area (Å²) in [6.07, 6.45) is 6.20. The van der Waals surface area contributed by atoms with Crippen molar-refractivity contribution in [1.82, 2.24) is 35.1 Å². The van der Waals surface area contributed by atoms with E-state index in [4.69, 9.17) is 9.47 Å². The fourth-order valence-corrected chi connectivity index (χ4v) is 8.18. The van der Waals surface area contributed by atoms with E-state index in [0.29, 0.717) is 80.6 Å². The number of H-pyrrole nitrogens is 1. The van der Waals surface area contributed by atoms with Crippen molar-refractivity contribution in [3.8, 4) is 0 Å². The minimum absolute atomic E-state index is 0.00310. The summed E-state index contributed by atoms with van der Waals surface area (Å²) in [6.45, 7) is 8.97. The van der Waals surface area contributed by atoms with Crippen LogP contribution in [0, 0.1) is 11.7 Å². The third kappa shape index (κ3) is 11.2. The van der Waals surface area contributed by atoms with Crippen molar-refractivity contribution in [2.24, 2.45) is 5.92 Å². The molecule has 2 aliphatic heterocycles. The van der Waals surface area contributed by atoms with Crippen molar-refractivity contribution >= 4 is 34.6 Å². The molecular weight excluding hydrogens is 746 g/mol. The van der Waals surface area contributed by atoms with Gasteiger partial charge in [-0.15, -0.1) is 0 Å². The summed E-state index contributed by atoms with van der Waals surface area (Å²) < 4.78 is 26.7. The Hall–Kier alpha value is -4.89. The molecule has 2 aromatic carbocycles. The number of amides is 4. The van der Waals surface area contributed by atoms with Gasteiger partial charge >= 0.3 is 6.09 Å². The van der Waals surface area contributed by atoms with Crippen molar-refractivity contribution in [1.29, 1.82) is 0 Å². The molecule has 3 heterocycles. The predicted molar refractivity (Wildman–Crippen MR) is 217 cm³/mol. The molecule has 2 N–H and O–H groups in total. The van der Waals surface area contributed by atoms with Gasteiger partial charge in [0.1, 0.15) is 17.5 Å². The number of ether oxygens (including phenoxy) is 2. The molecule has 0 bridgehead atoms. The second-order valence-corrected chi connectivity index (χ2v) is 16.9. The predicted octanol–water partition coefficient (Wildman–Crippen LogP) is 4.35. The molecule has 3 aromatic rings. The first-order valence-electron chi connectivity index (χ1n) is 20.7. The molecule has 14 nitrogen and oxygen atoms in total. The zero-order valence-electron chi connectivity index (χ0n) is 34.3. The van der Waals surface area contributed by atoms with Gasteiger partial charge in [0.2, 0.25) is 11.8 Å². The number of hydrogen-bond acceptors (Lipinski definition) is 9. The van der Waals surface area contributed by atoms with Crippen LogP contribution in [0.15, 0.2) is 47.3 Å². The maximum atomic E-state index is 15.0. The van der Waals surface area contributed by atoms with E-state index in [-0.39, 0.29) is 54.6 Å². The molecule has 0 spiro atoms. The van der Waals surface area contributed by atoms with Gasteiger partial charge in [-0.2, -0.15) is 5.10 Å². The average Bonchev–Trinajstić information content (AvgIpc) is 3.21. The molecule has 2 saturated heterocycles. The Labute approximate surface area is 339 Å². The Kier molecular flexibility index (Phi) is 14.2. The number of carbonyl (C=O) groups excluding carboxylic acids is 4. The lowest BCUT2D eigenvalue weighted by atomic mass is 9.83. The first-order chi connectivity index (χ1) is 27.8. The monoisotopic (exact) mass is 803 g/mol. The van der Waals surface area contributed by atoms with Crippen LogP contribution in [0.3, 0.4) is 0 Å². The number of aromatic nitrogens is 2. The van der Waals surface area contributed by atoms with E-state index >= 15 is 0 Å². The van der Waals surface area contributed by atoms with Crippen LogP contribution in [-0.2, 0) is 25.5 Å². The third-order valence-corrected chi connectivity index (χ3v) is 11.4. The van der Waals surface area contributed by atoms with Gasteiger partial charge in [0.25, 0.3) is 11.5 Å². The summed E-state index contributed by atoms with van der Waals surface area (Å²) in [5, 5.41) is 10.8. The molecule has 1 aliphatic carbocycles. The van der Waals surface area contributed by atoms with Gasteiger partial charge < -0.3 is 29.5 Å². The largest absolute Gasteiger partial charge is 0.444 e. The van der Waals surface area contributed by atoms with Crippen molar-refractivity contribution in [3.05, 3.63) is 75.5 Å². The Morgan fingerprint density at radius 1 is 0.914 bits per heavy atom. The maximum absolute atomic E-state index is 15.0. The highest BCUT2D eigenvalue weighted by molar-refractivity contribution is 5.95. The van der Waals surface area contributed by atoms with Crippen LogP contribution in [0.25, 0.3) is 10.8 Å². The van der Waals surface area contributed by atoms with Gasteiger partial charge in [0, 0.05) is 57.6 Å². The number of nitrogens with one attached hydrogen (secondary N) is 2. The van der Waals surface area contributed by atoms with Gasteiger partial charge in [-0.3, -0.25) is 24.1 Å². The number of halogens is 1. The summed E-state index contributed by atoms with van der Waals surface area (Å²) in [7, 11) is 1.87. The van der Waals surface area contributed by atoms with Crippen LogP contribution in [0.2, 0.25) is 0 Å². The molecule has 1 atom stereocenters. The summed E-state index contributed by atoms with van der Waals surface area (Å²) in [6, 6.07) is 11.0. The Balaban J connectivity index is 0.913. The summed E-state index contributed by atoms with van der Waals surface area (Å²) in [5.41, 5.74) is 0.322. The molecule has 3 aliphatic rings. The minimum Gasteiger partial charge on any atom is -0.444 e. The van der Waals surface area contributed by atoms with Crippen molar-refractivity contribution in [2.45, 2.75) is 89.9 Å². The van der Waals surface area contributed by atoms with Gasteiger partial charge in [-0.05, 0) is 83.2 Å². The zero-order valence-corrected chi connectivity index (χ0v) is 34.3. The topological polar surface area (TPSA) is 157 Å². The van der Waals surface area contributed by atoms with Crippen molar-refractivity contribution in [3.63, 3.8) is 0 Å². The average molecular weight is 804 g/mol.